The van der Waals surface area contributed by atoms with E-state index in [1.807, 2.05) is 18.2 Å². The van der Waals surface area contributed by atoms with Crippen molar-refractivity contribution < 1.29 is 9.47 Å². The molecule has 3 N–H and O–H groups in total. The highest BCUT2D eigenvalue weighted by atomic mass is 79.9. The Kier molecular flexibility index (Phi) is 5.04. The van der Waals surface area contributed by atoms with Crippen molar-refractivity contribution in [3.8, 4) is 11.5 Å². The maximum absolute atomic E-state index is 5.74. The molecule has 0 amide bonds. The van der Waals surface area contributed by atoms with Crippen molar-refractivity contribution in [3.63, 3.8) is 0 Å². The average Bonchev–Trinajstić information content (AvgIpc) is 2.78. The van der Waals surface area contributed by atoms with Crippen LogP contribution >= 0.6 is 27.3 Å². The highest BCUT2D eigenvalue weighted by Gasteiger charge is 2.18. The first-order valence-electron chi connectivity index (χ1n) is 6.04. The molecule has 0 radical (unpaired) electrons. The minimum Gasteiger partial charge on any atom is -0.497 e. The lowest BCUT2D eigenvalue weighted by molar-refractivity contribution is 0.392. The van der Waals surface area contributed by atoms with Crippen molar-refractivity contribution in [1.82, 2.24) is 5.43 Å². The zero-order valence-electron chi connectivity index (χ0n) is 11.6. The lowest BCUT2D eigenvalue weighted by Gasteiger charge is -2.17. The Hall–Kier alpha value is -1.08. The van der Waals surface area contributed by atoms with Crippen molar-refractivity contribution >= 4 is 27.3 Å². The van der Waals surface area contributed by atoms with Crippen LogP contribution in [0.4, 0.5) is 0 Å². The number of nitrogens with one attached hydrogen (secondary N) is 1. The first-order chi connectivity index (χ1) is 9.58. The Morgan fingerprint density at radius 2 is 1.75 bits per heavy atom. The van der Waals surface area contributed by atoms with Gasteiger partial charge in [-0.15, -0.1) is 11.3 Å². The number of nitrogens with two attached hydrogens (primary N) is 1. The minimum atomic E-state index is -0.103. The van der Waals surface area contributed by atoms with E-state index in [-0.39, 0.29) is 6.04 Å². The molecule has 108 valence electrons. The molecule has 0 saturated heterocycles. The first-order valence-corrected chi connectivity index (χ1v) is 7.65. The van der Waals surface area contributed by atoms with E-state index in [2.05, 4.69) is 34.3 Å². The predicted octanol–water partition coefficient (Wildman–Crippen LogP) is 3.39. The summed E-state index contributed by atoms with van der Waals surface area (Å²) < 4.78 is 11.7. The number of benzene rings is 1. The highest BCUT2D eigenvalue weighted by molar-refractivity contribution is 9.11. The Morgan fingerprint density at radius 1 is 1.15 bits per heavy atom. The third-order valence-electron chi connectivity index (χ3n) is 3.03. The molecule has 2 rings (SSSR count). The molecule has 1 unspecified atom stereocenters. The van der Waals surface area contributed by atoms with Gasteiger partial charge in [0.15, 0.2) is 0 Å². The minimum absolute atomic E-state index is 0.103. The predicted molar refractivity (Wildman–Crippen MR) is 85.5 cm³/mol. The van der Waals surface area contributed by atoms with E-state index in [4.69, 9.17) is 15.3 Å². The van der Waals surface area contributed by atoms with Crippen LogP contribution in [0, 0.1) is 6.92 Å². The zero-order valence-corrected chi connectivity index (χ0v) is 14.0. The van der Waals surface area contributed by atoms with E-state index >= 15 is 0 Å². The Bertz CT molecular complexity index is 559. The van der Waals surface area contributed by atoms with Crippen LogP contribution in [0.5, 0.6) is 11.5 Å². The van der Waals surface area contributed by atoms with Crippen molar-refractivity contribution in [2.24, 2.45) is 5.84 Å². The third kappa shape index (κ3) is 3.15. The summed E-state index contributed by atoms with van der Waals surface area (Å²) in [6.45, 7) is 2.06. The van der Waals surface area contributed by atoms with Crippen molar-refractivity contribution in [2.75, 3.05) is 14.2 Å². The molecular formula is C14H17BrN2O2S. The van der Waals surface area contributed by atoms with Gasteiger partial charge >= 0.3 is 0 Å². The summed E-state index contributed by atoms with van der Waals surface area (Å²) in [5.74, 6) is 7.22. The van der Waals surface area contributed by atoms with E-state index in [1.54, 1.807) is 25.6 Å². The standard InChI is InChI=1S/C14H17BrN2O2S/c1-8-4-12(20-14(8)15)13(17-16)9-5-10(18-2)7-11(6-9)19-3/h4-7,13,17H,16H2,1-3H3. The summed E-state index contributed by atoms with van der Waals surface area (Å²) in [6.07, 6.45) is 0. The summed E-state index contributed by atoms with van der Waals surface area (Å²) in [7, 11) is 3.27. The van der Waals surface area contributed by atoms with Crippen LogP contribution in [0.2, 0.25) is 0 Å². The number of thiophene rings is 1. The molecule has 1 aromatic heterocycles. The molecule has 0 aliphatic carbocycles. The average molecular weight is 357 g/mol. The highest BCUT2D eigenvalue weighted by Crippen LogP contribution is 2.36. The molecule has 0 aliphatic heterocycles. The van der Waals surface area contributed by atoms with E-state index in [9.17, 15) is 0 Å². The van der Waals surface area contributed by atoms with Gasteiger partial charge < -0.3 is 9.47 Å². The van der Waals surface area contributed by atoms with E-state index in [0.717, 1.165) is 25.7 Å². The number of hydrogen-bond acceptors (Lipinski definition) is 5. The van der Waals surface area contributed by atoms with Crippen LogP contribution in [0.15, 0.2) is 28.1 Å². The Labute approximate surface area is 131 Å². The second kappa shape index (κ2) is 6.58. The van der Waals surface area contributed by atoms with Gasteiger partial charge in [-0.3, -0.25) is 5.84 Å². The molecule has 0 saturated carbocycles. The number of hydrogen-bond donors (Lipinski definition) is 2. The fraction of sp³-hybridized carbons (Fsp3) is 0.286. The Morgan fingerprint density at radius 3 is 2.15 bits per heavy atom. The van der Waals surface area contributed by atoms with Gasteiger partial charge in [0.25, 0.3) is 0 Å². The van der Waals surface area contributed by atoms with E-state index in [0.29, 0.717) is 0 Å². The Balaban J connectivity index is 2.45. The fourth-order valence-corrected chi connectivity index (χ4v) is 3.62. The van der Waals surface area contributed by atoms with Gasteiger partial charge in [0.05, 0.1) is 24.0 Å². The summed E-state index contributed by atoms with van der Waals surface area (Å²) in [6, 6.07) is 7.76. The second-order valence-corrected chi connectivity index (χ2v) is 6.75. The molecular weight excluding hydrogens is 340 g/mol. The van der Waals surface area contributed by atoms with Gasteiger partial charge in [0, 0.05) is 10.9 Å². The quantitative estimate of drug-likeness (QED) is 0.636. The third-order valence-corrected chi connectivity index (χ3v) is 5.24. The lowest BCUT2D eigenvalue weighted by atomic mass is 10.0. The second-order valence-electron chi connectivity index (χ2n) is 4.35. The normalized spacial score (nSPS) is 12.2. The molecule has 1 heterocycles. The zero-order chi connectivity index (χ0) is 14.7. The summed E-state index contributed by atoms with van der Waals surface area (Å²) in [5, 5.41) is 0. The van der Waals surface area contributed by atoms with E-state index < -0.39 is 0 Å². The van der Waals surface area contributed by atoms with Crippen LogP contribution in [-0.4, -0.2) is 14.2 Å². The molecule has 1 atom stereocenters. The van der Waals surface area contributed by atoms with Crippen molar-refractivity contribution in [3.05, 3.63) is 44.1 Å². The largest absolute Gasteiger partial charge is 0.497 e. The van der Waals surface area contributed by atoms with E-state index in [1.165, 1.54) is 5.56 Å². The van der Waals surface area contributed by atoms with Crippen LogP contribution in [0.3, 0.4) is 0 Å². The van der Waals surface area contributed by atoms with Crippen LogP contribution in [0.1, 0.15) is 22.0 Å². The van der Waals surface area contributed by atoms with Gasteiger partial charge in [-0.25, -0.2) is 5.43 Å². The smallest absolute Gasteiger partial charge is 0.122 e. The maximum atomic E-state index is 5.74. The molecule has 6 heteroatoms. The molecule has 4 nitrogen and oxygen atoms in total. The molecule has 1 aromatic carbocycles. The fourth-order valence-electron chi connectivity index (χ4n) is 1.96. The van der Waals surface area contributed by atoms with Gasteiger partial charge in [-0.2, -0.15) is 0 Å². The molecule has 0 spiro atoms. The first kappa shape index (κ1) is 15.3. The van der Waals surface area contributed by atoms with Gasteiger partial charge in [0.1, 0.15) is 11.5 Å². The molecule has 20 heavy (non-hydrogen) atoms. The maximum Gasteiger partial charge on any atom is 0.122 e. The number of rotatable bonds is 5. The van der Waals surface area contributed by atoms with Crippen LogP contribution in [0.25, 0.3) is 0 Å². The number of hydrazine groups is 1. The van der Waals surface area contributed by atoms with Crippen molar-refractivity contribution in [1.29, 1.82) is 0 Å². The van der Waals surface area contributed by atoms with Gasteiger partial charge in [-0.1, -0.05) is 0 Å². The van der Waals surface area contributed by atoms with Crippen LogP contribution in [-0.2, 0) is 0 Å². The summed E-state index contributed by atoms with van der Waals surface area (Å²) in [5.41, 5.74) is 5.05. The molecule has 0 bridgehead atoms. The van der Waals surface area contributed by atoms with Crippen LogP contribution < -0.4 is 20.7 Å². The number of aryl methyl sites for hydroxylation is 1. The van der Waals surface area contributed by atoms with Gasteiger partial charge in [-0.05, 0) is 52.2 Å². The topological polar surface area (TPSA) is 56.5 Å². The molecule has 2 aromatic rings. The number of methoxy groups -OCH3 is 2. The summed E-state index contributed by atoms with van der Waals surface area (Å²) in [4.78, 5) is 1.13. The number of ether oxygens (including phenoxy) is 2. The monoisotopic (exact) mass is 356 g/mol. The molecule has 0 fully saturated rings. The van der Waals surface area contributed by atoms with Gasteiger partial charge in [0.2, 0.25) is 0 Å². The SMILES string of the molecule is COc1cc(OC)cc(C(NN)c2cc(C)c(Br)s2)c1. The molecule has 0 aliphatic rings. The lowest BCUT2D eigenvalue weighted by Crippen LogP contribution is -2.28. The summed E-state index contributed by atoms with van der Waals surface area (Å²) >= 11 is 5.20. The number of halogens is 1. The van der Waals surface area contributed by atoms with Crippen molar-refractivity contribution in [2.45, 2.75) is 13.0 Å².